The van der Waals surface area contributed by atoms with Crippen molar-refractivity contribution in [2.24, 2.45) is 0 Å². The lowest BCUT2D eigenvalue weighted by Gasteiger charge is -2.10. The quantitative estimate of drug-likeness (QED) is 0.393. The van der Waals surface area contributed by atoms with Crippen LogP contribution in [0.3, 0.4) is 0 Å². The van der Waals surface area contributed by atoms with Gasteiger partial charge in [0.2, 0.25) is 0 Å². The number of aliphatic hydroxyl groups excluding tert-OH is 1. The van der Waals surface area contributed by atoms with Gasteiger partial charge >= 0.3 is 11.8 Å². The van der Waals surface area contributed by atoms with Crippen molar-refractivity contribution in [3.8, 4) is 0 Å². The Labute approximate surface area is 99.5 Å². The van der Waals surface area contributed by atoms with E-state index in [0.29, 0.717) is 12.8 Å². The van der Waals surface area contributed by atoms with Crippen LogP contribution >= 0.6 is 0 Å². The van der Waals surface area contributed by atoms with Crippen LogP contribution in [0, 0.1) is 0 Å². The van der Waals surface area contributed by atoms with Gasteiger partial charge < -0.3 is 15.7 Å². The molecule has 1 aliphatic rings. The molecular formula is C9H16N2O5S. The maximum atomic E-state index is 11.3. The number of carbonyl (C=O) groups excluding carboxylic acids is 2. The third-order valence-electron chi connectivity index (χ3n) is 2.39. The van der Waals surface area contributed by atoms with E-state index in [1.54, 1.807) is 0 Å². The minimum absolute atomic E-state index is 0.0457. The lowest BCUT2D eigenvalue weighted by molar-refractivity contribution is -0.139. The molecule has 7 nitrogen and oxygen atoms in total. The van der Waals surface area contributed by atoms with E-state index in [2.05, 4.69) is 10.6 Å². The molecule has 1 aliphatic heterocycles. The molecule has 1 heterocycles. The highest BCUT2D eigenvalue weighted by molar-refractivity contribution is 7.91. The van der Waals surface area contributed by atoms with E-state index in [0.717, 1.165) is 0 Å². The van der Waals surface area contributed by atoms with Gasteiger partial charge in [-0.05, 0) is 12.8 Å². The van der Waals surface area contributed by atoms with Crippen LogP contribution in [0.15, 0.2) is 0 Å². The van der Waals surface area contributed by atoms with Crippen LogP contribution in [0.2, 0.25) is 0 Å². The average molecular weight is 264 g/mol. The Balaban J connectivity index is 2.32. The third kappa shape index (κ3) is 4.70. The highest BCUT2D eigenvalue weighted by Gasteiger charge is 2.30. The molecular weight excluding hydrogens is 248 g/mol. The van der Waals surface area contributed by atoms with Gasteiger partial charge in [0.25, 0.3) is 0 Å². The lowest BCUT2D eigenvalue weighted by Crippen LogP contribution is -2.45. The number of hydrogen-bond acceptors (Lipinski definition) is 5. The Morgan fingerprint density at radius 1 is 1.29 bits per heavy atom. The zero-order chi connectivity index (χ0) is 12.9. The van der Waals surface area contributed by atoms with Gasteiger partial charge in [0.1, 0.15) is 0 Å². The molecule has 17 heavy (non-hydrogen) atoms. The first-order valence-corrected chi connectivity index (χ1v) is 7.17. The molecule has 98 valence electrons. The summed E-state index contributed by atoms with van der Waals surface area (Å²) in [5.74, 6) is -1.69. The van der Waals surface area contributed by atoms with Gasteiger partial charge in [-0.25, -0.2) is 8.42 Å². The van der Waals surface area contributed by atoms with E-state index in [4.69, 9.17) is 5.11 Å². The molecule has 0 aliphatic carbocycles. The van der Waals surface area contributed by atoms with Crippen molar-refractivity contribution >= 4 is 21.7 Å². The first-order valence-electron chi connectivity index (χ1n) is 5.34. The molecule has 0 aromatic heterocycles. The van der Waals surface area contributed by atoms with Gasteiger partial charge in [-0.1, -0.05) is 0 Å². The molecule has 0 bridgehead atoms. The number of sulfone groups is 1. The van der Waals surface area contributed by atoms with Crippen molar-refractivity contribution in [3.63, 3.8) is 0 Å². The van der Waals surface area contributed by atoms with Crippen LogP contribution in [0.1, 0.15) is 12.8 Å². The number of nitrogens with one attached hydrogen (secondary N) is 2. The van der Waals surface area contributed by atoms with E-state index >= 15 is 0 Å². The number of amides is 2. The minimum atomic E-state index is -3.07. The van der Waals surface area contributed by atoms with E-state index in [-0.39, 0.29) is 24.7 Å². The first-order chi connectivity index (χ1) is 7.94. The van der Waals surface area contributed by atoms with Gasteiger partial charge in [-0.2, -0.15) is 0 Å². The SMILES string of the molecule is O=C(NCCCO)C(=O)NC1CCS(=O)(=O)C1. The number of rotatable bonds is 4. The topological polar surface area (TPSA) is 113 Å². The molecule has 1 rings (SSSR count). The summed E-state index contributed by atoms with van der Waals surface area (Å²) in [5.41, 5.74) is 0. The molecule has 1 atom stereocenters. The summed E-state index contributed by atoms with van der Waals surface area (Å²) in [7, 11) is -3.07. The Morgan fingerprint density at radius 3 is 2.53 bits per heavy atom. The van der Waals surface area contributed by atoms with Gasteiger partial charge in [0, 0.05) is 19.2 Å². The zero-order valence-corrected chi connectivity index (χ0v) is 10.1. The minimum Gasteiger partial charge on any atom is -0.396 e. The van der Waals surface area contributed by atoms with Crippen molar-refractivity contribution in [2.75, 3.05) is 24.7 Å². The van der Waals surface area contributed by atoms with Crippen LogP contribution < -0.4 is 10.6 Å². The standard InChI is InChI=1S/C9H16N2O5S/c12-4-1-3-10-8(13)9(14)11-7-2-5-17(15,16)6-7/h7,12H,1-6H2,(H,10,13)(H,11,14). The van der Waals surface area contributed by atoms with Crippen molar-refractivity contribution < 1.29 is 23.1 Å². The smallest absolute Gasteiger partial charge is 0.309 e. The zero-order valence-electron chi connectivity index (χ0n) is 9.31. The summed E-state index contributed by atoms with van der Waals surface area (Å²) in [4.78, 5) is 22.5. The summed E-state index contributed by atoms with van der Waals surface area (Å²) >= 11 is 0. The number of hydrogen-bond donors (Lipinski definition) is 3. The maximum absolute atomic E-state index is 11.3. The molecule has 0 aromatic carbocycles. The van der Waals surface area contributed by atoms with E-state index in [9.17, 15) is 18.0 Å². The highest BCUT2D eigenvalue weighted by atomic mass is 32.2. The largest absolute Gasteiger partial charge is 0.396 e. The Hall–Kier alpha value is -1.15. The Bertz CT molecular complexity index is 392. The van der Waals surface area contributed by atoms with E-state index in [1.165, 1.54) is 0 Å². The average Bonchev–Trinajstić information content (AvgIpc) is 2.58. The van der Waals surface area contributed by atoms with Crippen molar-refractivity contribution in [3.05, 3.63) is 0 Å². The van der Waals surface area contributed by atoms with Crippen LogP contribution in [-0.4, -0.2) is 56.0 Å². The predicted octanol–water partition coefficient (Wildman–Crippen LogP) is -2.21. The van der Waals surface area contributed by atoms with Gasteiger partial charge in [-0.15, -0.1) is 0 Å². The number of aliphatic hydroxyl groups is 1. The second-order valence-corrected chi connectivity index (χ2v) is 6.14. The van der Waals surface area contributed by atoms with Gasteiger partial charge in [0.15, 0.2) is 9.84 Å². The van der Waals surface area contributed by atoms with E-state index < -0.39 is 27.7 Å². The second kappa shape index (κ2) is 5.97. The second-order valence-electron chi connectivity index (χ2n) is 3.91. The fraction of sp³-hybridized carbons (Fsp3) is 0.778. The van der Waals surface area contributed by atoms with Crippen LogP contribution in [-0.2, 0) is 19.4 Å². The van der Waals surface area contributed by atoms with Crippen molar-refractivity contribution in [1.29, 1.82) is 0 Å². The fourth-order valence-corrected chi connectivity index (χ4v) is 3.19. The summed E-state index contributed by atoms with van der Waals surface area (Å²) in [6, 6.07) is -0.476. The molecule has 2 amide bonds. The van der Waals surface area contributed by atoms with Crippen molar-refractivity contribution in [1.82, 2.24) is 10.6 Å². The van der Waals surface area contributed by atoms with Crippen LogP contribution in [0.4, 0.5) is 0 Å². The third-order valence-corrected chi connectivity index (χ3v) is 4.16. The number of carbonyl (C=O) groups is 2. The highest BCUT2D eigenvalue weighted by Crippen LogP contribution is 2.10. The van der Waals surface area contributed by atoms with Gasteiger partial charge in [-0.3, -0.25) is 9.59 Å². The summed E-state index contributed by atoms with van der Waals surface area (Å²) in [6.07, 6.45) is 0.717. The van der Waals surface area contributed by atoms with Crippen LogP contribution in [0.5, 0.6) is 0 Å². The summed E-state index contributed by atoms with van der Waals surface area (Å²) < 4.78 is 22.2. The first kappa shape index (κ1) is 13.9. The molecule has 0 saturated carbocycles. The Morgan fingerprint density at radius 2 is 2.00 bits per heavy atom. The lowest BCUT2D eigenvalue weighted by atomic mass is 10.2. The van der Waals surface area contributed by atoms with Gasteiger partial charge in [0.05, 0.1) is 11.5 Å². The monoisotopic (exact) mass is 264 g/mol. The molecule has 0 radical (unpaired) electrons. The predicted molar refractivity (Wildman–Crippen MR) is 59.9 cm³/mol. The normalized spacial score (nSPS) is 22.1. The molecule has 8 heteroatoms. The molecule has 0 aromatic rings. The summed E-state index contributed by atoms with van der Waals surface area (Å²) in [5, 5.41) is 13.2. The fourth-order valence-electron chi connectivity index (χ4n) is 1.52. The van der Waals surface area contributed by atoms with Crippen molar-refractivity contribution in [2.45, 2.75) is 18.9 Å². The summed E-state index contributed by atoms with van der Waals surface area (Å²) in [6.45, 7) is 0.147. The molecule has 0 spiro atoms. The van der Waals surface area contributed by atoms with E-state index in [1.807, 2.05) is 0 Å². The maximum Gasteiger partial charge on any atom is 0.309 e. The molecule has 1 unspecified atom stereocenters. The Kier molecular flexibility index (Phi) is 4.88. The molecule has 3 N–H and O–H groups in total. The molecule has 1 fully saturated rings. The van der Waals surface area contributed by atoms with Crippen LogP contribution in [0.25, 0.3) is 0 Å². The molecule has 1 saturated heterocycles.